The number of amides is 1. The quantitative estimate of drug-likeness (QED) is 0.703. The van der Waals surface area contributed by atoms with E-state index in [2.05, 4.69) is 12.2 Å². The van der Waals surface area contributed by atoms with Gasteiger partial charge in [-0.3, -0.25) is 9.59 Å². The van der Waals surface area contributed by atoms with Crippen molar-refractivity contribution in [3.8, 4) is 0 Å². The average molecular weight is 297 g/mol. The van der Waals surface area contributed by atoms with E-state index < -0.39 is 11.4 Å². The fourth-order valence-electron chi connectivity index (χ4n) is 3.42. The van der Waals surface area contributed by atoms with Gasteiger partial charge >= 0.3 is 5.97 Å². The van der Waals surface area contributed by atoms with Crippen LogP contribution in [0.3, 0.4) is 0 Å². The first-order valence-corrected chi connectivity index (χ1v) is 8.48. The van der Waals surface area contributed by atoms with Gasteiger partial charge in [-0.05, 0) is 38.5 Å². The Balaban J connectivity index is 2.56. The first kappa shape index (κ1) is 18.0. The molecule has 0 saturated heterocycles. The predicted molar refractivity (Wildman–Crippen MR) is 84.1 cm³/mol. The SMILES string of the molecule is CCC(CC)(CC(=O)N[C@@H](C)C1CCCCCC1)C(=O)O. The number of carbonyl (C=O) groups excluding carboxylic acids is 1. The number of hydrogen-bond donors (Lipinski definition) is 2. The first-order valence-electron chi connectivity index (χ1n) is 8.48. The summed E-state index contributed by atoms with van der Waals surface area (Å²) >= 11 is 0. The molecule has 0 aromatic rings. The van der Waals surface area contributed by atoms with E-state index in [-0.39, 0.29) is 18.4 Å². The Kier molecular flexibility index (Phi) is 7.20. The maximum Gasteiger partial charge on any atom is 0.310 e. The molecule has 0 spiro atoms. The summed E-state index contributed by atoms with van der Waals surface area (Å²) in [6.45, 7) is 5.76. The van der Waals surface area contributed by atoms with Crippen LogP contribution in [0.5, 0.6) is 0 Å². The van der Waals surface area contributed by atoms with Gasteiger partial charge in [0.25, 0.3) is 0 Å². The van der Waals surface area contributed by atoms with E-state index in [1.807, 2.05) is 13.8 Å². The molecule has 1 aliphatic carbocycles. The zero-order valence-electron chi connectivity index (χ0n) is 13.8. The molecule has 1 atom stereocenters. The largest absolute Gasteiger partial charge is 0.481 e. The number of carboxylic acids is 1. The van der Waals surface area contributed by atoms with Crippen molar-refractivity contribution in [2.75, 3.05) is 0 Å². The summed E-state index contributed by atoms with van der Waals surface area (Å²) < 4.78 is 0. The highest BCUT2D eigenvalue weighted by Crippen LogP contribution is 2.31. The molecule has 2 N–H and O–H groups in total. The van der Waals surface area contributed by atoms with Crippen molar-refractivity contribution in [2.45, 2.75) is 84.6 Å². The summed E-state index contributed by atoms with van der Waals surface area (Å²) in [5.74, 6) is -0.429. The fraction of sp³-hybridized carbons (Fsp3) is 0.882. The van der Waals surface area contributed by atoms with E-state index in [9.17, 15) is 14.7 Å². The third-order valence-electron chi connectivity index (χ3n) is 5.30. The smallest absolute Gasteiger partial charge is 0.310 e. The number of aliphatic carboxylic acids is 1. The van der Waals surface area contributed by atoms with Crippen LogP contribution in [0.1, 0.15) is 78.6 Å². The second-order valence-corrected chi connectivity index (χ2v) is 6.58. The van der Waals surface area contributed by atoms with E-state index in [1.165, 1.54) is 38.5 Å². The number of rotatable bonds is 7. The molecule has 1 saturated carbocycles. The minimum Gasteiger partial charge on any atom is -0.481 e. The molecule has 0 aromatic heterocycles. The summed E-state index contributed by atoms with van der Waals surface area (Å²) in [7, 11) is 0. The fourth-order valence-corrected chi connectivity index (χ4v) is 3.42. The molecule has 0 aliphatic heterocycles. The highest BCUT2D eigenvalue weighted by atomic mass is 16.4. The first-order chi connectivity index (χ1) is 9.95. The molecule has 1 amide bonds. The molecule has 0 bridgehead atoms. The van der Waals surface area contributed by atoms with Gasteiger partial charge in [0, 0.05) is 12.5 Å². The molecule has 0 radical (unpaired) electrons. The van der Waals surface area contributed by atoms with E-state index in [0.29, 0.717) is 18.8 Å². The lowest BCUT2D eigenvalue weighted by Crippen LogP contribution is -2.42. The lowest BCUT2D eigenvalue weighted by Gasteiger charge is -2.28. The van der Waals surface area contributed by atoms with Crippen LogP contribution in [0.2, 0.25) is 0 Å². The van der Waals surface area contributed by atoms with Gasteiger partial charge in [-0.25, -0.2) is 0 Å². The summed E-state index contributed by atoms with van der Waals surface area (Å²) in [6.07, 6.45) is 8.50. The molecule has 1 aliphatic rings. The molecule has 4 heteroatoms. The number of nitrogens with one attached hydrogen (secondary N) is 1. The van der Waals surface area contributed by atoms with Crippen LogP contribution in [0.25, 0.3) is 0 Å². The number of hydrogen-bond acceptors (Lipinski definition) is 2. The van der Waals surface area contributed by atoms with Crippen LogP contribution in [0.4, 0.5) is 0 Å². The average Bonchev–Trinajstić information content (AvgIpc) is 2.73. The van der Waals surface area contributed by atoms with Gasteiger partial charge in [0.2, 0.25) is 5.91 Å². The Morgan fingerprint density at radius 1 is 1.14 bits per heavy atom. The molecular weight excluding hydrogens is 266 g/mol. The second kappa shape index (κ2) is 8.40. The molecule has 4 nitrogen and oxygen atoms in total. The summed E-state index contributed by atoms with van der Waals surface area (Å²) in [6, 6.07) is 0.149. The highest BCUT2D eigenvalue weighted by molar-refractivity contribution is 5.85. The number of carbonyl (C=O) groups is 2. The van der Waals surface area contributed by atoms with E-state index >= 15 is 0 Å². The molecule has 0 heterocycles. The van der Waals surface area contributed by atoms with Crippen molar-refractivity contribution >= 4 is 11.9 Å². The van der Waals surface area contributed by atoms with Crippen LogP contribution >= 0.6 is 0 Å². The minimum absolute atomic E-state index is 0.0897. The van der Waals surface area contributed by atoms with E-state index in [0.717, 1.165) is 0 Å². The molecular formula is C17H31NO3. The van der Waals surface area contributed by atoms with Gasteiger partial charge < -0.3 is 10.4 Å². The normalized spacial score (nSPS) is 18.8. The Labute approximate surface area is 128 Å². The third kappa shape index (κ3) is 5.01. The van der Waals surface area contributed by atoms with Crippen molar-refractivity contribution in [2.24, 2.45) is 11.3 Å². The second-order valence-electron chi connectivity index (χ2n) is 6.58. The lowest BCUT2D eigenvalue weighted by atomic mass is 9.79. The van der Waals surface area contributed by atoms with Gasteiger partial charge in [-0.1, -0.05) is 39.5 Å². The van der Waals surface area contributed by atoms with Gasteiger partial charge in [-0.15, -0.1) is 0 Å². The van der Waals surface area contributed by atoms with E-state index in [1.54, 1.807) is 0 Å². The monoisotopic (exact) mass is 297 g/mol. The maximum absolute atomic E-state index is 12.2. The van der Waals surface area contributed by atoms with Crippen molar-refractivity contribution < 1.29 is 14.7 Å². The third-order valence-corrected chi connectivity index (χ3v) is 5.30. The summed E-state index contributed by atoms with van der Waals surface area (Å²) in [4.78, 5) is 23.7. The summed E-state index contributed by atoms with van der Waals surface area (Å²) in [5, 5.41) is 12.5. The van der Waals surface area contributed by atoms with Crippen LogP contribution in [-0.4, -0.2) is 23.0 Å². The van der Waals surface area contributed by atoms with Gasteiger partial charge in [0.15, 0.2) is 0 Å². The van der Waals surface area contributed by atoms with Crippen LogP contribution in [0.15, 0.2) is 0 Å². The van der Waals surface area contributed by atoms with Crippen LogP contribution in [-0.2, 0) is 9.59 Å². The standard InChI is InChI=1S/C17H31NO3/c1-4-17(5-2,16(20)21)12-15(19)18-13(3)14-10-8-6-7-9-11-14/h13-14H,4-12H2,1-3H3,(H,18,19)(H,20,21)/t13-/m0/s1. The van der Waals surface area contributed by atoms with Crippen LogP contribution in [0, 0.1) is 11.3 Å². The van der Waals surface area contributed by atoms with Crippen molar-refractivity contribution in [1.82, 2.24) is 5.32 Å². The minimum atomic E-state index is -0.909. The molecule has 122 valence electrons. The Morgan fingerprint density at radius 3 is 2.10 bits per heavy atom. The highest BCUT2D eigenvalue weighted by Gasteiger charge is 2.37. The van der Waals surface area contributed by atoms with E-state index in [4.69, 9.17) is 0 Å². The maximum atomic E-state index is 12.2. The zero-order chi connectivity index (χ0) is 15.9. The molecule has 21 heavy (non-hydrogen) atoms. The van der Waals surface area contributed by atoms with Crippen molar-refractivity contribution in [3.63, 3.8) is 0 Å². The van der Waals surface area contributed by atoms with Gasteiger partial charge in [-0.2, -0.15) is 0 Å². The molecule has 1 rings (SSSR count). The van der Waals surface area contributed by atoms with Crippen molar-refractivity contribution in [1.29, 1.82) is 0 Å². The molecule has 1 fully saturated rings. The van der Waals surface area contributed by atoms with Crippen molar-refractivity contribution in [3.05, 3.63) is 0 Å². The topological polar surface area (TPSA) is 66.4 Å². The Bertz CT molecular complexity index is 342. The Morgan fingerprint density at radius 2 is 1.67 bits per heavy atom. The van der Waals surface area contributed by atoms with Crippen LogP contribution < -0.4 is 5.32 Å². The molecule has 0 aromatic carbocycles. The van der Waals surface area contributed by atoms with Gasteiger partial charge in [0.1, 0.15) is 0 Å². The summed E-state index contributed by atoms with van der Waals surface area (Å²) in [5.41, 5.74) is -0.909. The lowest BCUT2D eigenvalue weighted by molar-refractivity contribution is -0.152. The number of carboxylic acid groups (broad SMARTS) is 1. The van der Waals surface area contributed by atoms with Gasteiger partial charge in [0.05, 0.1) is 5.41 Å². The molecule has 0 unspecified atom stereocenters. The Hall–Kier alpha value is -1.06. The predicted octanol–water partition coefficient (Wildman–Crippen LogP) is 3.74. The zero-order valence-corrected chi connectivity index (χ0v) is 13.8.